The summed E-state index contributed by atoms with van der Waals surface area (Å²) in [4.78, 5) is 0.372. The Morgan fingerprint density at radius 2 is 1.77 bits per heavy atom. The fourth-order valence-electron chi connectivity index (χ4n) is 3.11. The van der Waals surface area contributed by atoms with Crippen molar-refractivity contribution >= 4 is 27.1 Å². The SMILES string of the molecule is C.CCS(=O)(=O)c1ccc(CNc2c(Cl)ccc3c2CCNCC3)cc1. The summed E-state index contributed by atoms with van der Waals surface area (Å²) in [5, 5.41) is 7.59. The van der Waals surface area contributed by atoms with E-state index in [-0.39, 0.29) is 13.2 Å². The van der Waals surface area contributed by atoms with Crippen molar-refractivity contribution in [3.63, 3.8) is 0 Å². The molecule has 142 valence electrons. The monoisotopic (exact) mass is 394 g/mol. The van der Waals surface area contributed by atoms with Crippen LogP contribution in [0.5, 0.6) is 0 Å². The first-order valence-electron chi connectivity index (χ1n) is 8.58. The molecular weight excluding hydrogens is 368 g/mol. The quantitative estimate of drug-likeness (QED) is 0.802. The molecule has 0 bridgehead atoms. The van der Waals surface area contributed by atoms with Gasteiger partial charge in [-0.3, -0.25) is 0 Å². The topological polar surface area (TPSA) is 58.2 Å². The molecule has 2 aromatic carbocycles. The van der Waals surface area contributed by atoms with E-state index >= 15 is 0 Å². The minimum atomic E-state index is -3.15. The number of hydrogen-bond acceptors (Lipinski definition) is 4. The van der Waals surface area contributed by atoms with Crippen LogP contribution in [0.25, 0.3) is 0 Å². The average Bonchev–Trinajstić information content (AvgIpc) is 2.87. The van der Waals surface area contributed by atoms with Crippen molar-refractivity contribution in [3.8, 4) is 0 Å². The van der Waals surface area contributed by atoms with Gasteiger partial charge in [0.05, 0.1) is 21.4 Å². The molecule has 26 heavy (non-hydrogen) atoms. The maximum atomic E-state index is 11.9. The molecule has 1 heterocycles. The zero-order valence-corrected chi connectivity index (χ0v) is 15.9. The van der Waals surface area contributed by atoms with Gasteiger partial charge < -0.3 is 10.6 Å². The van der Waals surface area contributed by atoms with E-state index in [9.17, 15) is 8.42 Å². The van der Waals surface area contributed by atoms with Crippen molar-refractivity contribution in [1.82, 2.24) is 5.32 Å². The van der Waals surface area contributed by atoms with E-state index in [1.165, 1.54) is 11.1 Å². The van der Waals surface area contributed by atoms with E-state index in [0.717, 1.165) is 42.2 Å². The van der Waals surface area contributed by atoms with Gasteiger partial charge in [0.25, 0.3) is 0 Å². The molecule has 0 saturated heterocycles. The Morgan fingerprint density at radius 3 is 2.46 bits per heavy atom. The number of hydrogen-bond donors (Lipinski definition) is 2. The molecule has 0 fully saturated rings. The Hall–Kier alpha value is -1.56. The van der Waals surface area contributed by atoms with Gasteiger partial charge in [0.1, 0.15) is 0 Å². The van der Waals surface area contributed by atoms with Crippen LogP contribution in [-0.2, 0) is 29.2 Å². The fourth-order valence-corrected chi connectivity index (χ4v) is 4.23. The number of sulfone groups is 1. The van der Waals surface area contributed by atoms with E-state index < -0.39 is 9.84 Å². The predicted molar refractivity (Wildman–Crippen MR) is 110 cm³/mol. The summed E-state index contributed by atoms with van der Waals surface area (Å²) >= 11 is 6.42. The third-order valence-electron chi connectivity index (χ3n) is 4.61. The maximum Gasteiger partial charge on any atom is 0.178 e. The van der Waals surface area contributed by atoms with Gasteiger partial charge in [-0.2, -0.15) is 0 Å². The molecule has 2 aromatic rings. The molecule has 0 radical (unpaired) electrons. The predicted octanol–water partition coefficient (Wildman–Crippen LogP) is 4.07. The molecular formula is C20H27ClN2O2S. The molecule has 2 N–H and O–H groups in total. The summed E-state index contributed by atoms with van der Waals surface area (Å²) in [7, 11) is -3.15. The van der Waals surface area contributed by atoms with Crippen LogP contribution in [0.15, 0.2) is 41.3 Å². The number of anilines is 1. The van der Waals surface area contributed by atoms with Crippen LogP contribution in [-0.4, -0.2) is 27.3 Å². The van der Waals surface area contributed by atoms with Gasteiger partial charge in [-0.15, -0.1) is 0 Å². The highest BCUT2D eigenvalue weighted by molar-refractivity contribution is 7.91. The summed E-state index contributed by atoms with van der Waals surface area (Å²) in [6, 6.07) is 11.1. The molecule has 3 rings (SSSR count). The molecule has 0 spiro atoms. The summed E-state index contributed by atoms with van der Waals surface area (Å²) in [5.41, 5.74) is 4.63. The van der Waals surface area contributed by atoms with Crippen molar-refractivity contribution in [2.75, 3.05) is 24.2 Å². The largest absolute Gasteiger partial charge is 0.380 e. The standard InChI is InChI=1S/C19H23ClN2O2S.CH4/c1-2-25(23,24)16-6-3-14(4-7-16)13-22-19-17-10-12-21-11-9-15(17)5-8-18(19)20;/h3-8,21-22H,2,9-13H2,1H3;1H4. The normalized spacial score (nSPS) is 14.1. The Labute approximate surface area is 161 Å². The lowest BCUT2D eigenvalue weighted by molar-refractivity contribution is 0.597. The van der Waals surface area contributed by atoms with Gasteiger partial charge in [-0.1, -0.05) is 44.2 Å². The lowest BCUT2D eigenvalue weighted by Gasteiger charge is -2.16. The van der Waals surface area contributed by atoms with E-state index in [0.29, 0.717) is 11.4 Å². The summed E-state index contributed by atoms with van der Waals surface area (Å²) in [6.07, 6.45) is 1.96. The van der Waals surface area contributed by atoms with E-state index in [2.05, 4.69) is 16.7 Å². The summed E-state index contributed by atoms with van der Waals surface area (Å²) in [6.45, 7) is 4.20. The van der Waals surface area contributed by atoms with E-state index in [1.807, 2.05) is 18.2 Å². The lowest BCUT2D eigenvalue weighted by atomic mass is 10.0. The molecule has 1 aliphatic rings. The molecule has 0 aromatic heterocycles. The van der Waals surface area contributed by atoms with Crippen LogP contribution in [0.3, 0.4) is 0 Å². The summed E-state index contributed by atoms with van der Waals surface area (Å²) in [5.74, 6) is 0.115. The second-order valence-corrected chi connectivity index (χ2v) is 8.90. The summed E-state index contributed by atoms with van der Waals surface area (Å²) < 4.78 is 23.8. The van der Waals surface area contributed by atoms with Gasteiger partial charge in [-0.25, -0.2) is 8.42 Å². The van der Waals surface area contributed by atoms with Crippen molar-refractivity contribution in [2.45, 2.75) is 38.6 Å². The van der Waals surface area contributed by atoms with Crippen LogP contribution in [0.2, 0.25) is 5.02 Å². The number of fused-ring (bicyclic) bond motifs is 1. The van der Waals surface area contributed by atoms with Crippen LogP contribution in [0.4, 0.5) is 5.69 Å². The number of halogens is 1. The first-order valence-corrected chi connectivity index (χ1v) is 10.6. The molecule has 0 aliphatic carbocycles. The van der Waals surface area contributed by atoms with Gasteiger partial charge >= 0.3 is 0 Å². The zero-order chi connectivity index (χ0) is 17.9. The van der Waals surface area contributed by atoms with Gasteiger partial charge in [-0.05, 0) is 60.8 Å². The van der Waals surface area contributed by atoms with Crippen molar-refractivity contribution < 1.29 is 8.42 Å². The van der Waals surface area contributed by atoms with Crippen LogP contribution < -0.4 is 10.6 Å². The van der Waals surface area contributed by atoms with Crippen LogP contribution in [0, 0.1) is 0 Å². The second-order valence-electron chi connectivity index (χ2n) is 6.21. The third kappa shape index (κ3) is 4.58. The molecule has 1 aliphatic heterocycles. The number of benzene rings is 2. The molecule has 0 unspecified atom stereocenters. The van der Waals surface area contributed by atoms with Crippen LogP contribution in [0.1, 0.15) is 31.0 Å². The Bertz CT molecular complexity index is 849. The first-order chi connectivity index (χ1) is 12.0. The minimum Gasteiger partial charge on any atom is -0.380 e. The number of rotatable bonds is 5. The molecule has 0 saturated carbocycles. The highest BCUT2D eigenvalue weighted by Crippen LogP contribution is 2.31. The van der Waals surface area contributed by atoms with Crippen molar-refractivity contribution in [2.24, 2.45) is 0 Å². The molecule has 0 atom stereocenters. The third-order valence-corrected chi connectivity index (χ3v) is 6.68. The average molecular weight is 395 g/mol. The van der Waals surface area contributed by atoms with Gasteiger partial charge in [0, 0.05) is 6.54 Å². The molecule has 0 amide bonds. The Balaban J connectivity index is 0.00000243. The lowest BCUT2D eigenvalue weighted by Crippen LogP contribution is -2.16. The Morgan fingerprint density at radius 1 is 1.08 bits per heavy atom. The fraction of sp³-hybridized carbons (Fsp3) is 0.400. The maximum absolute atomic E-state index is 11.9. The van der Waals surface area contributed by atoms with Crippen molar-refractivity contribution in [3.05, 3.63) is 58.1 Å². The van der Waals surface area contributed by atoms with E-state index in [1.54, 1.807) is 19.1 Å². The second kappa shape index (κ2) is 8.89. The Kier molecular flexibility index (Phi) is 7.09. The van der Waals surface area contributed by atoms with Crippen LogP contribution >= 0.6 is 11.6 Å². The molecule has 4 nitrogen and oxygen atoms in total. The van der Waals surface area contributed by atoms with Gasteiger partial charge in [0.15, 0.2) is 9.84 Å². The number of nitrogens with one attached hydrogen (secondary N) is 2. The first kappa shape index (κ1) is 20.7. The minimum absolute atomic E-state index is 0. The molecule has 6 heteroatoms. The van der Waals surface area contributed by atoms with E-state index in [4.69, 9.17) is 11.6 Å². The highest BCUT2D eigenvalue weighted by Gasteiger charge is 2.15. The smallest absolute Gasteiger partial charge is 0.178 e. The highest BCUT2D eigenvalue weighted by atomic mass is 35.5. The van der Waals surface area contributed by atoms with Crippen molar-refractivity contribution in [1.29, 1.82) is 0 Å². The van der Waals surface area contributed by atoms with Gasteiger partial charge in [0.2, 0.25) is 0 Å². The zero-order valence-electron chi connectivity index (χ0n) is 14.3.